The van der Waals surface area contributed by atoms with Gasteiger partial charge in [-0.05, 0) is 29.3 Å². The minimum absolute atomic E-state index is 0.165. The Morgan fingerprint density at radius 2 is 1.71 bits per heavy atom. The summed E-state index contributed by atoms with van der Waals surface area (Å²) >= 11 is 18.8. The van der Waals surface area contributed by atoms with E-state index in [4.69, 9.17) is 34.8 Å². The summed E-state index contributed by atoms with van der Waals surface area (Å²) in [6.07, 6.45) is 5.00. The molecule has 0 spiro atoms. The van der Waals surface area contributed by atoms with E-state index in [0.717, 1.165) is 5.56 Å². The van der Waals surface area contributed by atoms with Gasteiger partial charge in [-0.1, -0.05) is 59.1 Å². The molecule has 3 aromatic rings. The molecule has 1 aromatic heterocycles. The molecule has 2 aromatic carbocycles. The number of amides is 2. The quantitative estimate of drug-likeness (QED) is 0.506. The van der Waals surface area contributed by atoms with E-state index in [1.54, 1.807) is 36.5 Å². The van der Waals surface area contributed by atoms with Crippen LogP contribution in [-0.4, -0.2) is 29.6 Å². The number of nitrogens with one attached hydrogen (secondary N) is 1. The minimum Gasteiger partial charge on any atom is -0.331 e. The first-order chi connectivity index (χ1) is 14.9. The van der Waals surface area contributed by atoms with Gasteiger partial charge in [-0.3, -0.25) is 9.78 Å². The van der Waals surface area contributed by atoms with Gasteiger partial charge in [-0.25, -0.2) is 4.79 Å². The lowest BCUT2D eigenvalue weighted by atomic mass is 10.00. The Kier molecular flexibility index (Phi) is 6.23. The SMILES string of the molecule is O=C(c1ccc(Cc2c(Cl)cc(N3N=CCNC3=O)cc2Cl)cc1)c1cncc(Cl)c1. The number of carbonyl (C=O) groups is 2. The smallest absolute Gasteiger partial charge is 0.331 e. The molecule has 0 saturated carbocycles. The third-order valence-electron chi connectivity index (χ3n) is 4.67. The molecule has 0 bridgehead atoms. The molecule has 4 rings (SSSR count). The fourth-order valence-corrected chi connectivity index (χ4v) is 3.91. The van der Waals surface area contributed by atoms with Crippen molar-refractivity contribution >= 4 is 58.5 Å². The Balaban J connectivity index is 1.54. The first kappa shape index (κ1) is 21.3. The van der Waals surface area contributed by atoms with Crippen LogP contribution in [-0.2, 0) is 6.42 Å². The average Bonchev–Trinajstić information content (AvgIpc) is 2.76. The zero-order valence-corrected chi connectivity index (χ0v) is 18.2. The van der Waals surface area contributed by atoms with Gasteiger partial charge in [0.2, 0.25) is 0 Å². The number of aromatic nitrogens is 1. The number of halogens is 3. The van der Waals surface area contributed by atoms with Gasteiger partial charge < -0.3 is 5.32 Å². The second-order valence-corrected chi connectivity index (χ2v) is 8.03. The number of hydrogen-bond donors (Lipinski definition) is 1. The highest BCUT2D eigenvalue weighted by atomic mass is 35.5. The van der Waals surface area contributed by atoms with Crippen molar-refractivity contribution in [1.82, 2.24) is 10.3 Å². The van der Waals surface area contributed by atoms with E-state index in [1.807, 2.05) is 12.1 Å². The molecule has 2 heterocycles. The molecule has 0 fully saturated rings. The Morgan fingerprint density at radius 1 is 1.00 bits per heavy atom. The number of hydrogen-bond acceptors (Lipinski definition) is 4. The van der Waals surface area contributed by atoms with Gasteiger partial charge in [0, 0.05) is 46.2 Å². The van der Waals surface area contributed by atoms with Crippen molar-refractivity contribution in [1.29, 1.82) is 0 Å². The van der Waals surface area contributed by atoms with E-state index in [2.05, 4.69) is 15.4 Å². The van der Waals surface area contributed by atoms with Crippen LogP contribution >= 0.6 is 34.8 Å². The summed E-state index contributed by atoms with van der Waals surface area (Å²) in [5.74, 6) is -0.165. The van der Waals surface area contributed by atoms with Crippen LogP contribution in [0.4, 0.5) is 10.5 Å². The summed E-state index contributed by atoms with van der Waals surface area (Å²) in [7, 11) is 0. The lowest BCUT2D eigenvalue weighted by Gasteiger charge is -2.22. The molecular formula is C22H15Cl3N4O2. The summed E-state index contributed by atoms with van der Waals surface area (Å²) in [5.41, 5.74) is 3.06. The summed E-state index contributed by atoms with van der Waals surface area (Å²) in [4.78, 5) is 28.5. The van der Waals surface area contributed by atoms with E-state index in [9.17, 15) is 9.59 Å². The van der Waals surface area contributed by atoms with Crippen LogP contribution in [0, 0.1) is 0 Å². The molecule has 0 unspecified atom stereocenters. The molecule has 1 N–H and O–H groups in total. The van der Waals surface area contributed by atoms with Gasteiger partial charge in [0.15, 0.2) is 5.78 Å². The maximum atomic E-state index is 12.6. The average molecular weight is 474 g/mol. The van der Waals surface area contributed by atoms with Crippen LogP contribution in [0.25, 0.3) is 0 Å². The Bertz CT molecular complexity index is 1170. The zero-order valence-electron chi connectivity index (χ0n) is 16.0. The second kappa shape index (κ2) is 9.06. The number of pyridine rings is 1. The second-order valence-electron chi connectivity index (χ2n) is 6.78. The molecule has 156 valence electrons. The number of hydrazone groups is 1. The number of anilines is 1. The first-order valence-corrected chi connectivity index (χ1v) is 10.4. The van der Waals surface area contributed by atoms with Gasteiger partial charge in [0.05, 0.1) is 17.3 Å². The Hall–Kier alpha value is -2.93. The summed E-state index contributed by atoms with van der Waals surface area (Å²) in [6.45, 7) is 0.376. The molecule has 6 nitrogen and oxygen atoms in total. The largest absolute Gasteiger partial charge is 0.342 e. The van der Waals surface area contributed by atoms with Gasteiger partial charge in [-0.2, -0.15) is 10.1 Å². The lowest BCUT2D eigenvalue weighted by molar-refractivity contribution is 0.103. The first-order valence-electron chi connectivity index (χ1n) is 9.25. The predicted molar refractivity (Wildman–Crippen MR) is 123 cm³/mol. The van der Waals surface area contributed by atoms with Gasteiger partial charge >= 0.3 is 6.03 Å². The standard InChI is InChI=1S/C22H15Cl3N4O2/c23-16-8-15(11-26-12-16)21(30)14-3-1-13(2-4-14)7-18-19(24)9-17(10-20(18)25)29-22(31)27-5-6-28-29/h1-4,6,8-12H,5,7H2,(H,27,31). The van der Waals surface area contributed by atoms with Crippen molar-refractivity contribution < 1.29 is 9.59 Å². The van der Waals surface area contributed by atoms with Crippen LogP contribution in [0.1, 0.15) is 27.0 Å². The molecular weight excluding hydrogens is 459 g/mol. The molecule has 0 saturated heterocycles. The predicted octanol–water partition coefficient (Wildman–Crippen LogP) is 5.38. The molecule has 31 heavy (non-hydrogen) atoms. The van der Waals surface area contributed by atoms with Gasteiger partial charge in [-0.15, -0.1) is 0 Å². The summed E-state index contributed by atoms with van der Waals surface area (Å²) in [5, 5.41) is 9.18. The highest BCUT2D eigenvalue weighted by Crippen LogP contribution is 2.33. The monoisotopic (exact) mass is 472 g/mol. The number of rotatable bonds is 5. The van der Waals surface area contributed by atoms with Crippen LogP contribution in [0.3, 0.4) is 0 Å². The van der Waals surface area contributed by atoms with Crippen molar-refractivity contribution in [2.75, 3.05) is 11.6 Å². The lowest BCUT2D eigenvalue weighted by Crippen LogP contribution is -2.41. The van der Waals surface area contributed by atoms with E-state index in [-0.39, 0.29) is 11.8 Å². The van der Waals surface area contributed by atoms with E-state index in [1.165, 1.54) is 17.4 Å². The van der Waals surface area contributed by atoms with Crippen LogP contribution in [0.2, 0.25) is 15.1 Å². The van der Waals surface area contributed by atoms with Crippen molar-refractivity contribution in [3.63, 3.8) is 0 Å². The highest BCUT2D eigenvalue weighted by molar-refractivity contribution is 6.36. The van der Waals surface area contributed by atoms with Crippen LogP contribution in [0.5, 0.6) is 0 Å². The van der Waals surface area contributed by atoms with Gasteiger partial charge in [0.25, 0.3) is 0 Å². The molecule has 2 amide bonds. The van der Waals surface area contributed by atoms with Crippen molar-refractivity contribution in [3.05, 3.63) is 92.2 Å². The summed E-state index contributed by atoms with van der Waals surface area (Å²) in [6, 6.07) is 11.7. The van der Waals surface area contributed by atoms with Gasteiger partial charge in [0.1, 0.15) is 0 Å². The summed E-state index contributed by atoms with van der Waals surface area (Å²) < 4.78 is 0. The maximum absolute atomic E-state index is 12.6. The topological polar surface area (TPSA) is 74.7 Å². The fourth-order valence-electron chi connectivity index (χ4n) is 3.13. The Labute approximate surface area is 193 Å². The minimum atomic E-state index is -0.349. The Morgan fingerprint density at radius 3 is 2.35 bits per heavy atom. The number of carbonyl (C=O) groups excluding carboxylic acids is 2. The van der Waals surface area contributed by atoms with Crippen molar-refractivity contribution in [2.24, 2.45) is 5.10 Å². The van der Waals surface area contributed by atoms with E-state index >= 15 is 0 Å². The van der Waals surface area contributed by atoms with E-state index in [0.29, 0.717) is 50.4 Å². The molecule has 1 aliphatic rings. The fraction of sp³-hybridized carbons (Fsp3) is 0.0909. The molecule has 0 atom stereocenters. The number of nitrogens with zero attached hydrogens (tertiary/aromatic N) is 3. The number of benzene rings is 2. The van der Waals surface area contributed by atoms with Crippen LogP contribution in [0.15, 0.2) is 60.0 Å². The molecule has 9 heteroatoms. The normalized spacial score (nSPS) is 13.3. The van der Waals surface area contributed by atoms with Crippen LogP contribution < -0.4 is 10.3 Å². The van der Waals surface area contributed by atoms with Crippen molar-refractivity contribution in [3.8, 4) is 0 Å². The third kappa shape index (κ3) is 4.71. The van der Waals surface area contributed by atoms with E-state index < -0.39 is 0 Å². The molecule has 0 radical (unpaired) electrons. The number of ketones is 1. The zero-order chi connectivity index (χ0) is 22.0. The number of urea groups is 1. The molecule has 1 aliphatic heterocycles. The molecule has 0 aliphatic carbocycles. The maximum Gasteiger partial charge on any atom is 0.342 e. The highest BCUT2D eigenvalue weighted by Gasteiger charge is 2.20. The third-order valence-corrected chi connectivity index (χ3v) is 5.55. The van der Waals surface area contributed by atoms with Crippen molar-refractivity contribution in [2.45, 2.75) is 6.42 Å².